The highest BCUT2D eigenvalue weighted by Gasteiger charge is 2.13. The first-order valence-corrected chi connectivity index (χ1v) is 6.43. The van der Waals surface area contributed by atoms with Crippen LogP contribution in [-0.2, 0) is 6.42 Å². The minimum Gasteiger partial charge on any atom is -0.316 e. The molecule has 4 nitrogen and oxygen atoms in total. The van der Waals surface area contributed by atoms with Gasteiger partial charge in [-0.05, 0) is 31.5 Å². The molecule has 0 aliphatic carbocycles. The summed E-state index contributed by atoms with van der Waals surface area (Å²) in [5, 5.41) is 14.2. The van der Waals surface area contributed by atoms with E-state index in [1.54, 1.807) is 12.1 Å². The Hall–Kier alpha value is -0.940. The van der Waals surface area contributed by atoms with Crippen LogP contribution in [0.5, 0.6) is 0 Å². The summed E-state index contributed by atoms with van der Waals surface area (Å²) in [7, 11) is 0. The van der Waals surface area contributed by atoms with Crippen molar-refractivity contribution in [1.29, 1.82) is 0 Å². The maximum Gasteiger partial charge on any atom is 0.273 e. The number of nitro benzene ring substituents is 1. The summed E-state index contributed by atoms with van der Waals surface area (Å²) >= 11 is 3.25. The second kappa shape index (κ2) is 6.71. The van der Waals surface area contributed by atoms with Crippen molar-refractivity contribution in [3.05, 3.63) is 38.3 Å². The highest BCUT2D eigenvalue weighted by atomic mass is 79.9. The van der Waals surface area contributed by atoms with Crippen LogP contribution >= 0.6 is 15.9 Å². The number of benzene rings is 1. The minimum atomic E-state index is -0.331. The molecule has 94 valence electrons. The highest BCUT2D eigenvalue weighted by molar-refractivity contribution is 9.10. The van der Waals surface area contributed by atoms with Crippen LogP contribution in [-0.4, -0.2) is 18.0 Å². The van der Waals surface area contributed by atoms with E-state index in [9.17, 15) is 10.1 Å². The lowest BCUT2D eigenvalue weighted by Gasteiger charge is -2.07. The van der Waals surface area contributed by atoms with E-state index in [0.29, 0.717) is 12.3 Å². The van der Waals surface area contributed by atoms with E-state index < -0.39 is 0 Å². The van der Waals surface area contributed by atoms with Gasteiger partial charge < -0.3 is 5.32 Å². The Labute approximate surface area is 110 Å². The molecule has 0 saturated carbocycles. The molecule has 1 aromatic rings. The van der Waals surface area contributed by atoms with Gasteiger partial charge in [0.1, 0.15) is 0 Å². The monoisotopic (exact) mass is 300 g/mol. The van der Waals surface area contributed by atoms with Gasteiger partial charge in [0.25, 0.3) is 5.69 Å². The Kier molecular flexibility index (Phi) is 5.58. The first-order chi connectivity index (χ1) is 8.00. The van der Waals surface area contributed by atoms with Gasteiger partial charge in [0.2, 0.25) is 0 Å². The molecule has 1 rings (SSSR count). The van der Waals surface area contributed by atoms with Crippen LogP contribution in [0.4, 0.5) is 5.69 Å². The molecule has 0 aliphatic heterocycles. The molecule has 0 radical (unpaired) electrons. The van der Waals surface area contributed by atoms with Crippen LogP contribution in [0.2, 0.25) is 0 Å². The summed E-state index contributed by atoms with van der Waals surface area (Å²) in [6.07, 6.45) is 0.677. The molecule has 1 aromatic carbocycles. The van der Waals surface area contributed by atoms with Gasteiger partial charge in [-0.2, -0.15) is 0 Å². The predicted octanol–water partition coefficient (Wildman–Crippen LogP) is 3.15. The van der Waals surface area contributed by atoms with Crippen molar-refractivity contribution in [2.24, 2.45) is 5.92 Å². The van der Waals surface area contributed by atoms with Crippen molar-refractivity contribution in [2.45, 2.75) is 20.3 Å². The van der Waals surface area contributed by atoms with Gasteiger partial charge in [0, 0.05) is 16.1 Å². The van der Waals surface area contributed by atoms with Crippen LogP contribution in [0.3, 0.4) is 0 Å². The van der Waals surface area contributed by atoms with Crippen molar-refractivity contribution in [1.82, 2.24) is 5.32 Å². The summed E-state index contributed by atoms with van der Waals surface area (Å²) in [6, 6.07) is 5.20. The van der Waals surface area contributed by atoms with Gasteiger partial charge in [0.05, 0.1) is 4.92 Å². The summed E-state index contributed by atoms with van der Waals surface area (Å²) in [5.74, 6) is 0.593. The van der Waals surface area contributed by atoms with Crippen LogP contribution < -0.4 is 5.32 Å². The lowest BCUT2D eigenvalue weighted by atomic mass is 10.1. The Balaban J connectivity index is 2.61. The largest absolute Gasteiger partial charge is 0.316 e. The van der Waals surface area contributed by atoms with Crippen LogP contribution in [0.25, 0.3) is 0 Å². The standard InChI is InChI=1S/C12H17BrN2O2/c1-9(2)8-14-6-5-10-3-4-11(13)7-12(10)15(16)17/h3-4,7,9,14H,5-6,8H2,1-2H3. The number of hydrogen-bond donors (Lipinski definition) is 1. The number of hydrogen-bond acceptors (Lipinski definition) is 3. The third-order valence-corrected chi connectivity index (χ3v) is 2.86. The Bertz CT molecular complexity index is 394. The first kappa shape index (κ1) is 14.1. The number of nitrogens with zero attached hydrogens (tertiary/aromatic N) is 1. The van der Waals surface area contributed by atoms with E-state index in [4.69, 9.17) is 0 Å². The maximum atomic E-state index is 10.9. The molecule has 0 amide bonds. The van der Waals surface area contributed by atoms with Crippen LogP contribution in [0.1, 0.15) is 19.4 Å². The second-order valence-electron chi connectivity index (χ2n) is 4.38. The van der Waals surface area contributed by atoms with Crippen LogP contribution in [0.15, 0.2) is 22.7 Å². The Morgan fingerprint density at radius 2 is 2.18 bits per heavy atom. The molecular weight excluding hydrogens is 284 g/mol. The van der Waals surface area contributed by atoms with Gasteiger partial charge in [-0.25, -0.2) is 0 Å². The van der Waals surface area contributed by atoms with E-state index in [1.165, 1.54) is 0 Å². The summed E-state index contributed by atoms with van der Waals surface area (Å²) in [6.45, 7) is 5.97. The van der Waals surface area contributed by atoms with Crippen molar-refractivity contribution in [3.63, 3.8) is 0 Å². The smallest absolute Gasteiger partial charge is 0.273 e. The normalized spacial score (nSPS) is 10.8. The van der Waals surface area contributed by atoms with Gasteiger partial charge in [0.15, 0.2) is 0 Å². The van der Waals surface area contributed by atoms with Crippen LogP contribution in [0, 0.1) is 16.0 Å². The SMILES string of the molecule is CC(C)CNCCc1ccc(Br)cc1[N+](=O)[O-]. The van der Waals surface area contributed by atoms with E-state index in [-0.39, 0.29) is 10.6 Å². The van der Waals surface area contributed by atoms with E-state index in [1.807, 2.05) is 6.07 Å². The third-order valence-electron chi connectivity index (χ3n) is 2.37. The summed E-state index contributed by atoms with van der Waals surface area (Å²) in [5.41, 5.74) is 0.958. The Morgan fingerprint density at radius 1 is 1.47 bits per heavy atom. The maximum absolute atomic E-state index is 10.9. The van der Waals surface area contributed by atoms with Gasteiger partial charge in [-0.3, -0.25) is 10.1 Å². The number of halogens is 1. The minimum absolute atomic E-state index is 0.186. The molecule has 0 aliphatic rings. The molecule has 17 heavy (non-hydrogen) atoms. The third kappa shape index (κ3) is 4.83. The summed E-state index contributed by atoms with van der Waals surface area (Å²) < 4.78 is 0.739. The Morgan fingerprint density at radius 3 is 2.76 bits per heavy atom. The highest BCUT2D eigenvalue weighted by Crippen LogP contribution is 2.23. The molecule has 0 spiro atoms. The zero-order valence-electron chi connectivity index (χ0n) is 10.1. The number of nitro groups is 1. The molecule has 0 heterocycles. The zero-order chi connectivity index (χ0) is 12.8. The fourth-order valence-corrected chi connectivity index (χ4v) is 1.88. The quantitative estimate of drug-likeness (QED) is 0.499. The zero-order valence-corrected chi connectivity index (χ0v) is 11.7. The van der Waals surface area contributed by atoms with Crippen molar-refractivity contribution in [2.75, 3.05) is 13.1 Å². The lowest BCUT2D eigenvalue weighted by molar-refractivity contribution is -0.385. The predicted molar refractivity (Wildman–Crippen MR) is 72.2 cm³/mol. The molecule has 0 fully saturated rings. The van der Waals surface area contributed by atoms with Crippen molar-refractivity contribution < 1.29 is 4.92 Å². The molecule has 0 aromatic heterocycles. The molecule has 0 saturated heterocycles. The number of nitrogens with one attached hydrogen (secondary N) is 1. The fourth-order valence-electron chi connectivity index (χ4n) is 1.53. The van der Waals surface area contributed by atoms with Gasteiger partial charge in [-0.1, -0.05) is 35.8 Å². The molecule has 0 atom stereocenters. The van der Waals surface area contributed by atoms with Crippen molar-refractivity contribution in [3.8, 4) is 0 Å². The first-order valence-electron chi connectivity index (χ1n) is 5.64. The van der Waals surface area contributed by atoms with E-state index >= 15 is 0 Å². The topological polar surface area (TPSA) is 55.2 Å². The number of rotatable bonds is 6. The fraction of sp³-hybridized carbons (Fsp3) is 0.500. The van der Waals surface area contributed by atoms with Gasteiger partial charge >= 0.3 is 0 Å². The average Bonchev–Trinajstić information content (AvgIpc) is 2.25. The average molecular weight is 301 g/mol. The molecule has 1 N–H and O–H groups in total. The molecular formula is C12H17BrN2O2. The second-order valence-corrected chi connectivity index (χ2v) is 5.29. The molecule has 0 unspecified atom stereocenters. The molecule has 0 bridgehead atoms. The van der Waals surface area contributed by atoms with Gasteiger partial charge in [-0.15, -0.1) is 0 Å². The van der Waals surface area contributed by atoms with E-state index in [0.717, 1.165) is 23.1 Å². The lowest BCUT2D eigenvalue weighted by Crippen LogP contribution is -2.22. The van der Waals surface area contributed by atoms with Crippen molar-refractivity contribution >= 4 is 21.6 Å². The summed E-state index contributed by atoms with van der Waals surface area (Å²) in [4.78, 5) is 10.5. The molecule has 5 heteroatoms. The van der Waals surface area contributed by atoms with E-state index in [2.05, 4.69) is 35.1 Å².